The molecule has 0 spiro atoms. The predicted octanol–water partition coefficient (Wildman–Crippen LogP) is 2.56. The minimum absolute atomic E-state index is 0.148. The Morgan fingerprint density at radius 3 is 2.50 bits per heavy atom. The van der Waals surface area contributed by atoms with Gasteiger partial charge in [-0.25, -0.2) is 4.68 Å². The van der Waals surface area contributed by atoms with Crippen LogP contribution in [0, 0.1) is 13.8 Å². The van der Waals surface area contributed by atoms with Crippen molar-refractivity contribution >= 4 is 11.9 Å². The van der Waals surface area contributed by atoms with Gasteiger partial charge in [-0.1, -0.05) is 18.2 Å². The molecule has 0 unspecified atom stereocenters. The molecule has 0 saturated heterocycles. The minimum Gasteiger partial charge on any atom is -0.463 e. The van der Waals surface area contributed by atoms with Gasteiger partial charge in [0.1, 0.15) is 0 Å². The van der Waals surface area contributed by atoms with E-state index in [1.807, 2.05) is 37.3 Å². The molecule has 0 atom stereocenters. The Morgan fingerprint density at radius 1 is 1.21 bits per heavy atom. The fourth-order valence-corrected chi connectivity index (χ4v) is 2.48. The molecule has 24 heavy (non-hydrogen) atoms. The van der Waals surface area contributed by atoms with Crippen LogP contribution in [0.15, 0.2) is 30.3 Å². The zero-order valence-corrected chi connectivity index (χ0v) is 14.5. The molecule has 1 amide bonds. The van der Waals surface area contributed by atoms with Crippen molar-refractivity contribution in [3.8, 4) is 5.69 Å². The summed E-state index contributed by atoms with van der Waals surface area (Å²) in [6.45, 7) is 7.48. The van der Waals surface area contributed by atoms with Crippen LogP contribution in [0.5, 0.6) is 0 Å². The topological polar surface area (TPSA) is 73.2 Å². The fourth-order valence-electron chi connectivity index (χ4n) is 2.48. The minimum atomic E-state index is -0.321. The van der Waals surface area contributed by atoms with Crippen LogP contribution in [-0.4, -0.2) is 34.3 Å². The molecule has 0 saturated carbocycles. The summed E-state index contributed by atoms with van der Waals surface area (Å²) in [7, 11) is 0. The van der Waals surface area contributed by atoms with Gasteiger partial charge in [0.15, 0.2) is 0 Å². The van der Waals surface area contributed by atoms with Crippen molar-refractivity contribution in [3.63, 3.8) is 0 Å². The molecule has 1 heterocycles. The molecular formula is C18H23N3O3. The van der Waals surface area contributed by atoms with E-state index in [-0.39, 0.29) is 30.9 Å². The first kappa shape index (κ1) is 17.7. The number of nitrogens with zero attached hydrogens (tertiary/aromatic N) is 2. The van der Waals surface area contributed by atoms with Gasteiger partial charge in [-0.2, -0.15) is 5.10 Å². The lowest BCUT2D eigenvalue weighted by molar-refractivity contribution is -0.147. The Hall–Kier alpha value is -2.63. The van der Waals surface area contributed by atoms with Gasteiger partial charge in [0.05, 0.1) is 35.2 Å². The molecule has 0 fully saturated rings. The summed E-state index contributed by atoms with van der Waals surface area (Å²) in [5.41, 5.74) is 2.85. The number of rotatable bonds is 6. The second-order valence-corrected chi connectivity index (χ2v) is 5.84. The molecular weight excluding hydrogens is 306 g/mol. The number of hydrogen-bond donors (Lipinski definition) is 1. The summed E-state index contributed by atoms with van der Waals surface area (Å²) < 4.78 is 6.79. The number of aryl methyl sites for hydroxylation is 1. The lowest BCUT2D eigenvalue weighted by Crippen LogP contribution is -2.28. The highest BCUT2D eigenvalue weighted by atomic mass is 16.5. The van der Waals surface area contributed by atoms with E-state index in [2.05, 4.69) is 10.4 Å². The normalized spacial score (nSPS) is 10.7. The Labute approximate surface area is 141 Å². The van der Waals surface area contributed by atoms with Crippen LogP contribution in [-0.2, 0) is 9.53 Å². The highest BCUT2D eigenvalue weighted by Crippen LogP contribution is 2.17. The van der Waals surface area contributed by atoms with E-state index in [1.165, 1.54) is 0 Å². The maximum Gasteiger partial charge on any atom is 0.307 e. The number of nitrogens with one attached hydrogen (secondary N) is 1. The first-order valence-corrected chi connectivity index (χ1v) is 7.99. The third-order valence-electron chi connectivity index (χ3n) is 3.50. The lowest BCUT2D eigenvalue weighted by atomic mass is 10.2. The lowest BCUT2D eigenvalue weighted by Gasteiger charge is -2.09. The second kappa shape index (κ2) is 7.77. The van der Waals surface area contributed by atoms with Crippen LogP contribution in [0.2, 0.25) is 0 Å². The summed E-state index contributed by atoms with van der Waals surface area (Å²) in [6, 6.07) is 9.64. The third-order valence-corrected chi connectivity index (χ3v) is 3.50. The summed E-state index contributed by atoms with van der Waals surface area (Å²) >= 11 is 0. The average Bonchev–Trinajstić information content (AvgIpc) is 2.82. The molecule has 0 aliphatic rings. The second-order valence-electron chi connectivity index (χ2n) is 5.84. The smallest absolute Gasteiger partial charge is 0.307 e. The van der Waals surface area contributed by atoms with Gasteiger partial charge in [-0.15, -0.1) is 0 Å². The van der Waals surface area contributed by atoms with Crippen molar-refractivity contribution in [2.45, 2.75) is 40.2 Å². The number of benzene rings is 1. The fraction of sp³-hybridized carbons (Fsp3) is 0.389. The van der Waals surface area contributed by atoms with Crippen LogP contribution in [0.25, 0.3) is 5.69 Å². The number of para-hydroxylation sites is 1. The van der Waals surface area contributed by atoms with Crippen molar-refractivity contribution in [1.82, 2.24) is 15.1 Å². The highest BCUT2D eigenvalue weighted by Gasteiger charge is 2.19. The van der Waals surface area contributed by atoms with Crippen molar-refractivity contribution in [2.24, 2.45) is 0 Å². The first-order valence-electron chi connectivity index (χ1n) is 7.99. The summed E-state index contributed by atoms with van der Waals surface area (Å²) in [5.74, 6) is -0.553. The van der Waals surface area contributed by atoms with Crippen LogP contribution in [0.3, 0.4) is 0 Å². The van der Waals surface area contributed by atoms with Gasteiger partial charge in [-0.05, 0) is 39.8 Å². The van der Waals surface area contributed by atoms with Crippen LogP contribution in [0.4, 0.5) is 0 Å². The summed E-state index contributed by atoms with van der Waals surface area (Å²) in [6.07, 6.45) is -0.00346. The largest absolute Gasteiger partial charge is 0.463 e. The van der Waals surface area contributed by atoms with Crippen molar-refractivity contribution in [1.29, 1.82) is 0 Å². The van der Waals surface area contributed by atoms with E-state index in [0.29, 0.717) is 11.3 Å². The van der Waals surface area contributed by atoms with Crippen molar-refractivity contribution in [3.05, 3.63) is 47.3 Å². The number of hydrogen-bond acceptors (Lipinski definition) is 4. The molecule has 0 radical (unpaired) electrons. The monoisotopic (exact) mass is 329 g/mol. The molecule has 128 valence electrons. The number of aromatic nitrogens is 2. The van der Waals surface area contributed by atoms with E-state index >= 15 is 0 Å². The summed E-state index contributed by atoms with van der Waals surface area (Å²) in [4.78, 5) is 23.9. The van der Waals surface area contributed by atoms with Gasteiger partial charge in [0.2, 0.25) is 0 Å². The molecule has 0 aliphatic carbocycles. The number of esters is 1. The number of amides is 1. The van der Waals surface area contributed by atoms with E-state index in [4.69, 9.17) is 4.74 Å². The molecule has 1 aromatic heterocycles. The number of carbonyl (C=O) groups is 2. The maximum atomic E-state index is 12.4. The van der Waals surface area contributed by atoms with E-state index in [1.54, 1.807) is 25.5 Å². The number of ether oxygens (including phenoxy) is 1. The Bertz CT molecular complexity index is 721. The standard InChI is InChI=1S/C18H23N3O3/c1-12(2)24-16(22)10-11-19-18(23)17-13(3)20-21(14(17)4)15-8-6-5-7-9-15/h5-9,12H,10-11H2,1-4H3,(H,19,23). The molecule has 6 heteroatoms. The zero-order chi connectivity index (χ0) is 17.7. The van der Waals surface area contributed by atoms with Gasteiger partial charge >= 0.3 is 5.97 Å². The third kappa shape index (κ3) is 4.22. The van der Waals surface area contributed by atoms with E-state index in [0.717, 1.165) is 11.4 Å². The average molecular weight is 329 g/mol. The Morgan fingerprint density at radius 2 is 1.88 bits per heavy atom. The van der Waals surface area contributed by atoms with Gasteiger partial charge in [0, 0.05) is 6.54 Å². The van der Waals surface area contributed by atoms with Crippen LogP contribution >= 0.6 is 0 Å². The quantitative estimate of drug-likeness (QED) is 0.827. The molecule has 0 aliphatic heterocycles. The maximum absolute atomic E-state index is 12.4. The summed E-state index contributed by atoms with van der Waals surface area (Å²) in [5, 5.41) is 7.20. The SMILES string of the molecule is Cc1nn(-c2ccccc2)c(C)c1C(=O)NCCC(=O)OC(C)C. The highest BCUT2D eigenvalue weighted by molar-refractivity contribution is 5.96. The number of carbonyl (C=O) groups excluding carboxylic acids is 2. The van der Waals surface area contributed by atoms with Crippen LogP contribution in [0.1, 0.15) is 42.0 Å². The van der Waals surface area contributed by atoms with Crippen molar-refractivity contribution in [2.75, 3.05) is 6.54 Å². The Balaban J connectivity index is 2.05. The molecule has 1 aromatic carbocycles. The first-order chi connectivity index (χ1) is 11.4. The van der Waals surface area contributed by atoms with E-state index in [9.17, 15) is 9.59 Å². The zero-order valence-electron chi connectivity index (χ0n) is 14.5. The van der Waals surface area contributed by atoms with Gasteiger partial charge in [-0.3, -0.25) is 9.59 Å². The van der Waals surface area contributed by atoms with Gasteiger partial charge in [0.25, 0.3) is 5.91 Å². The van der Waals surface area contributed by atoms with Gasteiger partial charge < -0.3 is 10.1 Å². The Kier molecular flexibility index (Phi) is 5.73. The molecule has 2 rings (SSSR count). The molecule has 6 nitrogen and oxygen atoms in total. The molecule has 1 N–H and O–H groups in total. The predicted molar refractivity (Wildman–Crippen MR) is 91.2 cm³/mol. The van der Waals surface area contributed by atoms with Crippen molar-refractivity contribution < 1.29 is 14.3 Å². The van der Waals surface area contributed by atoms with Crippen LogP contribution < -0.4 is 5.32 Å². The molecule has 0 bridgehead atoms. The van der Waals surface area contributed by atoms with E-state index < -0.39 is 0 Å². The molecule has 2 aromatic rings.